The van der Waals surface area contributed by atoms with Crippen LogP contribution in [0, 0.1) is 5.82 Å². The highest BCUT2D eigenvalue weighted by Crippen LogP contribution is 2.21. The average molecular weight is 365 g/mol. The van der Waals surface area contributed by atoms with E-state index in [1.807, 2.05) is 38.1 Å². The Morgan fingerprint density at radius 2 is 1.78 bits per heavy atom. The van der Waals surface area contributed by atoms with Gasteiger partial charge in [0.15, 0.2) is 0 Å². The molecule has 3 aromatic rings. The summed E-state index contributed by atoms with van der Waals surface area (Å²) in [5, 5.41) is 5.85. The van der Waals surface area contributed by atoms with Gasteiger partial charge in [0.1, 0.15) is 11.6 Å². The lowest BCUT2D eigenvalue weighted by molar-refractivity contribution is 0.102. The molecule has 0 bridgehead atoms. The van der Waals surface area contributed by atoms with Gasteiger partial charge >= 0.3 is 0 Å². The second-order valence-corrected chi connectivity index (χ2v) is 6.24. The Morgan fingerprint density at radius 3 is 2.48 bits per heavy atom. The normalized spacial score (nSPS) is 10.5. The Morgan fingerprint density at radius 1 is 1.00 bits per heavy atom. The Balaban J connectivity index is 1.68. The smallest absolute Gasteiger partial charge is 0.257 e. The fraction of sp³-hybridized carbons (Fsp3) is 0.143. The van der Waals surface area contributed by atoms with Crippen LogP contribution in [-0.4, -0.2) is 17.0 Å². The molecule has 0 saturated heterocycles. The number of hydrogen-bond acceptors (Lipinski definition) is 4. The summed E-state index contributed by atoms with van der Waals surface area (Å²) in [6, 6.07) is 14.9. The summed E-state index contributed by atoms with van der Waals surface area (Å²) in [5.41, 5.74) is 2.26. The first-order valence-corrected chi connectivity index (χ1v) is 8.55. The van der Waals surface area contributed by atoms with Gasteiger partial charge in [-0.2, -0.15) is 0 Å². The molecule has 27 heavy (non-hydrogen) atoms. The largest absolute Gasteiger partial charge is 0.491 e. The first-order valence-electron chi connectivity index (χ1n) is 8.55. The molecular weight excluding hydrogens is 345 g/mol. The highest BCUT2D eigenvalue weighted by atomic mass is 19.1. The van der Waals surface area contributed by atoms with Gasteiger partial charge in [-0.3, -0.25) is 9.78 Å². The number of ether oxygens (including phenoxy) is 1. The zero-order chi connectivity index (χ0) is 19.2. The Labute approximate surface area is 157 Å². The molecule has 0 radical (unpaired) electrons. The Hall–Kier alpha value is -3.41. The van der Waals surface area contributed by atoms with Gasteiger partial charge in [-0.25, -0.2) is 4.39 Å². The van der Waals surface area contributed by atoms with Crippen molar-refractivity contribution >= 4 is 23.0 Å². The van der Waals surface area contributed by atoms with Gasteiger partial charge in [0.25, 0.3) is 5.91 Å². The highest BCUT2D eigenvalue weighted by molar-refractivity contribution is 6.04. The van der Waals surface area contributed by atoms with Gasteiger partial charge in [-0.1, -0.05) is 6.07 Å². The van der Waals surface area contributed by atoms with Gasteiger partial charge in [0.2, 0.25) is 0 Å². The molecule has 0 unspecified atom stereocenters. The molecular formula is C21H20FN3O2. The van der Waals surface area contributed by atoms with Crippen molar-refractivity contribution in [3.63, 3.8) is 0 Å². The lowest BCUT2D eigenvalue weighted by atomic mass is 10.2. The predicted octanol–water partition coefficient (Wildman–Crippen LogP) is 5.00. The number of pyridine rings is 1. The van der Waals surface area contributed by atoms with E-state index in [2.05, 4.69) is 15.6 Å². The van der Waals surface area contributed by atoms with E-state index in [9.17, 15) is 9.18 Å². The van der Waals surface area contributed by atoms with E-state index in [0.29, 0.717) is 16.9 Å². The van der Waals surface area contributed by atoms with E-state index in [0.717, 1.165) is 11.4 Å². The van der Waals surface area contributed by atoms with E-state index < -0.39 is 5.82 Å². The molecule has 0 spiro atoms. The molecule has 0 atom stereocenters. The number of carbonyl (C=O) groups excluding carboxylic acids is 1. The van der Waals surface area contributed by atoms with Crippen molar-refractivity contribution in [3.8, 4) is 5.75 Å². The molecule has 0 saturated carbocycles. The molecule has 1 amide bonds. The molecule has 3 rings (SSSR count). The second-order valence-electron chi connectivity index (χ2n) is 6.24. The topological polar surface area (TPSA) is 63.2 Å². The van der Waals surface area contributed by atoms with Gasteiger partial charge in [0.05, 0.1) is 23.6 Å². The number of halogens is 1. The first-order chi connectivity index (χ1) is 13.0. The zero-order valence-electron chi connectivity index (χ0n) is 15.1. The molecule has 0 fully saturated rings. The molecule has 6 heteroatoms. The van der Waals surface area contributed by atoms with Crippen molar-refractivity contribution in [1.82, 2.24) is 4.98 Å². The predicted molar refractivity (Wildman–Crippen MR) is 104 cm³/mol. The minimum absolute atomic E-state index is 0.112. The molecule has 138 valence electrons. The highest BCUT2D eigenvalue weighted by Gasteiger charge is 2.08. The quantitative estimate of drug-likeness (QED) is 0.645. The Kier molecular flexibility index (Phi) is 5.66. The molecule has 5 nitrogen and oxygen atoms in total. The maximum Gasteiger partial charge on any atom is 0.257 e. The molecule has 0 aliphatic rings. The lowest BCUT2D eigenvalue weighted by Crippen LogP contribution is -2.12. The van der Waals surface area contributed by atoms with Crippen LogP contribution < -0.4 is 15.4 Å². The van der Waals surface area contributed by atoms with E-state index >= 15 is 0 Å². The van der Waals surface area contributed by atoms with Crippen molar-refractivity contribution < 1.29 is 13.9 Å². The van der Waals surface area contributed by atoms with E-state index in [1.54, 1.807) is 18.3 Å². The molecule has 2 N–H and O–H groups in total. The number of rotatable bonds is 6. The number of nitrogens with one attached hydrogen (secondary N) is 2. The van der Waals surface area contributed by atoms with Gasteiger partial charge in [-0.05, 0) is 62.4 Å². The van der Waals surface area contributed by atoms with Crippen LogP contribution in [0.4, 0.5) is 21.5 Å². The van der Waals surface area contributed by atoms with E-state index in [-0.39, 0.29) is 12.0 Å². The number of anilines is 3. The summed E-state index contributed by atoms with van der Waals surface area (Å²) in [5.74, 6) is 0.0144. The van der Waals surface area contributed by atoms with E-state index in [1.165, 1.54) is 24.4 Å². The summed E-state index contributed by atoms with van der Waals surface area (Å²) >= 11 is 0. The van der Waals surface area contributed by atoms with Gasteiger partial charge in [-0.15, -0.1) is 0 Å². The molecule has 2 aromatic carbocycles. The van der Waals surface area contributed by atoms with Crippen LogP contribution in [0.2, 0.25) is 0 Å². The van der Waals surface area contributed by atoms with Crippen LogP contribution in [0.3, 0.4) is 0 Å². The number of hydrogen-bond donors (Lipinski definition) is 2. The van der Waals surface area contributed by atoms with Crippen molar-refractivity contribution in [1.29, 1.82) is 0 Å². The van der Waals surface area contributed by atoms with Crippen LogP contribution >= 0.6 is 0 Å². The summed E-state index contributed by atoms with van der Waals surface area (Å²) in [7, 11) is 0. The van der Waals surface area contributed by atoms with Crippen molar-refractivity contribution in [2.75, 3.05) is 10.6 Å². The van der Waals surface area contributed by atoms with Crippen LogP contribution in [0.25, 0.3) is 0 Å². The summed E-state index contributed by atoms with van der Waals surface area (Å²) in [6.45, 7) is 3.94. The monoisotopic (exact) mass is 365 g/mol. The maximum absolute atomic E-state index is 13.2. The van der Waals surface area contributed by atoms with Crippen LogP contribution in [0.1, 0.15) is 24.2 Å². The van der Waals surface area contributed by atoms with Crippen molar-refractivity contribution in [3.05, 3.63) is 78.4 Å². The maximum atomic E-state index is 13.2. The Bertz CT molecular complexity index is 927. The summed E-state index contributed by atoms with van der Waals surface area (Å²) < 4.78 is 18.9. The third kappa shape index (κ3) is 5.28. The minimum atomic E-state index is -0.411. The van der Waals surface area contributed by atoms with Crippen molar-refractivity contribution in [2.24, 2.45) is 0 Å². The number of nitrogens with zero attached hydrogens (tertiary/aromatic N) is 1. The standard InChI is InChI=1S/C21H20FN3O2/c1-14(2)27-20-8-6-17(7-9-20)24-19-10-15(12-23-13-19)21(26)25-18-5-3-4-16(22)11-18/h3-14,24H,1-2H3,(H,25,26). The lowest BCUT2D eigenvalue weighted by Gasteiger charge is -2.11. The average Bonchev–Trinajstić information content (AvgIpc) is 2.63. The van der Waals surface area contributed by atoms with Crippen molar-refractivity contribution in [2.45, 2.75) is 20.0 Å². The fourth-order valence-electron chi connectivity index (χ4n) is 2.46. The minimum Gasteiger partial charge on any atom is -0.491 e. The van der Waals surface area contributed by atoms with E-state index in [4.69, 9.17) is 4.74 Å². The third-order valence-corrected chi connectivity index (χ3v) is 3.60. The fourth-order valence-corrected chi connectivity index (χ4v) is 2.46. The molecule has 0 aliphatic heterocycles. The molecule has 1 aromatic heterocycles. The second kappa shape index (κ2) is 8.31. The van der Waals surface area contributed by atoms with Crippen LogP contribution in [-0.2, 0) is 0 Å². The number of aromatic nitrogens is 1. The van der Waals surface area contributed by atoms with Crippen LogP contribution in [0.5, 0.6) is 5.75 Å². The molecule has 0 aliphatic carbocycles. The molecule has 1 heterocycles. The van der Waals surface area contributed by atoms with Gasteiger partial charge < -0.3 is 15.4 Å². The van der Waals surface area contributed by atoms with Crippen LogP contribution in [0.15, 0.2) is 67.0 Å². The number of amides is 1. The SMILES string of the molecule is CC(C)Oc1ccc(Nc2cncc(C(=O)Nc3cccc(F)c3)c2)cc1. The third-order valence-electron chi connectivity index (χ3n) is 3.60. The summed E-state index contributed by atoms with van der Waals surface area (Å²) in [4.78, 5) is 16.5. The number of benzene rings is 2. The van der Waals surface area contributed by atoms with Gasteiger partial charge in [0, 0.05) is 17.6 Å². The number of carbonyl (C=O) groups is 1. The first kappa shape index (κ1) is 18.4. The zero-order valence-corrected chi connectivity index (χ0v) is 15.1. The summed E-state index contributed by atoms with van der Waals surface area (Å²) in [6.07, 6.45) is 3.19.